The molecule has 2 aliphatic rings. The van der Waals surface area contributed by atoms with E-state index >= 15 is 0 Å². The molecule has 0 amide bonds. The van der Waals surface area contributed by atoms with Crippen LogP contribution in [0, 0.1) is 0 Å². The number of anilines is 2. The smallest absolute Gasteiger partial charge is 0.209 e. The fourth-order valence-electron chi connectivity index (χ4n) is 6.58. The van der Waals surface area contributed by atoms with Crippen LogP contribution < -0.4 is 10.6 Å². The molecular weight excluding hydrogens is 534 g/mol. The number of thiophene rings is 1. The van der Waals surface area contributed by atoms with Crippen molar-refractivity contribution in [2.24, 2.45) is 0 Å². The van der Waals surface area contributed by atoms with Gasteiger partial charge in [0.1, 0.15) is 12.8 Å². The van der Waals surface area contributed by atoms with Crippen molar-refractivity contribution in [2.45, 2.75) is 71.1 Å². The van der Waals surface area contributed by atoms with E-state index in [1.807, 2.05) is 6.07 Å². The molecule has 218 valence electrons. The van der Waals surface area contributed by atoms with Gasteiger partial charge in [0.15, 0.2) is 5.71 Å². The van der Waals surface area contributed by atoms with Crippen LogP contribution in [0.1, 0.15) is 71.4 Å². The van der Waals surface area contributed by atoms with Gasteiger partial charge in [0.2, 0.25) is 5.69 Å². The first-order chi connectivity index (χ1) is 20.2. The van der Waals surface area contributed by atoms with Gasteiger partial charge in [-0.15, -0.1) is 11.3 Å². The first-order valence-corrected chi connectivity index (χ1v) is 16.1. The van der Waals surface area contributed by atoms with Crippen molar-refractivity contribution in [3.05, 3.63) is 101 Å². The van der Waals surface area contributed by atoms with Gasteiger partial charge in [-0.05, 0) is 92.6 Å². The van der Waals surface area contributed by atoms with Gasteiger partial charge in [-0.2, -0.15) is 4.58 Å². The minimum absolute atomic E-state index is 0.112. The van der Waals surface area contributed by atoms with Crippen molar-refractivity contribution in [1.82, 2.24) is 0 Å². The summed E-state index contributed by atoms with van der Waals surface area (Å²) in [5.41, 5.74) is 15.8. The Morgan fingerprint density at radius 1 is 0.929 bits per heavy atom. The number of carbonyl (C=O) groups excluding carboxylic acids is 1. The van der Waals surface area contributed by atoms with Gasteiger partial charge in [0.25, 0.3) is 0 Å². The summed E-state index contributed by atoms with van der Waals surface area (Å²) in [6, 6.07) is 17.5. The number of benzene rings is 2. The Balaban J connectivity index is 1.43. The van der Waals surface area contributed by atoms with Gasteiger partial charge in [-0.1, -0.05) is 38.1 Å². The molecule has 3 aromatic rings. The first kappa shape index (κ1) is 29.8. The van der Waals surface area contributed by atoms with Crippen molar-refractivity contribution < 1.29 is 9.37 Å². The van der Waals surface area contributed by atoms with Gasteiger partial charge in [0.05, 0.1) is 5.41 Å². The zero-order chi connectivity index (χ0) is 29.9. The summed E-state index contributed by atoms with van der Waals surface area (Å²) in [5.74, 6) is 0. The van der Waals surface area contributed by atoms with E-state index in [1.165, 1.54) is 44.4 Å². The molecule has 0 saturated heterocycles. The predicted molar refractivity (Wildman–Crippen MR) is 180 cm³/mol. The number of allylic oxidation sites excluding steroid dienone is 6. The van der Waals surface area contributed by atoms with Crippen LogP contribution in [-0.4, -0.2) is 29.7 Å². The summed E-state index contributed by atoms with van der Waals surface area (Å²) in [6.45, 7) is 13.3. The molecule has 0 saturated carbocycles. The minimum Gasteiger partial charge on any atom is -0.399 e. The van der Waals surface area contributed by atoms with E-state index < -0.39 is 0 Å². The van der Waals surface area contributed by atoms with Crippen LogP contribution in [-0.2, 0) is 15.6 Å². The normalized spacial score (nSPS) is 18.0. The zero-order valence-corrected chi connectivity index (χ0v) is 26.5. The summed E-state index contributed by atoms with van der Waals surface area (Å²) in [5, 5.41) is 2.14. The highest BCUT2D eigenvalue weighted by Crippen LogP contribution is 2.48. The molecule has 4 nitrogen and oxygen atoms in total. The van der Waals surface area contributed by atoms with E-state index in [-0.39, 0.29) is 10.8 Å². The highest BCUT2D eigenvalue weighted by molar-refractivity contribution is 7.13. The molecule has 0 atom stereocenters. The fourth-order valence-corrected chi connectivity index (χ4v) is 7.30. The van der Waals surface area contributed by atoms with E-state index in [1.54, 1.807) is 11.3 Å². The van der Waals surface area contributed by atoms with Crippen LogP contribution in [0.2, 0.25) is 0 Å². The summed E-state index contributed by atoms with van der Waals surface area (Å²) in [4.78, 5) is 14.5. The van der Waals surface area contributed by atoms with Gasteiger partial charge in [-0.3, -0.25) is 0 Å². The molecule has 2 aliphatic heterocycles. The summed E-state index contributed by atoms with van der Waals surface area (Å²) in [7, 11) is 0. The molecule has 1 aromatic heterocycles. The average Bonchev–Trinajstić information content (AvgIpc) is 3.63. The second-order valence-corrected chi connectivity index (χ2v) is 13.3. The summed E-state index contributed by atoms with van der Waals surface area (Å²) in [6.07, 6.45) is 15.8. The largest absolute Gasteiger partial charge is 0.399 e. The Bertz CT molecular complexity index is 1570. The number of rotatable bonds is 11. The quantitative estimate of drug-likeness (QED) is 0.0812. The molecule has 3 heterocycles. The number of hydrogen-bond donors (Lipinski definition) is 1. The zero-order valence-electron chi connectivity index (χ0n) is 25.7. The topological polar surface area (TPSA) is 49.3 Å². The standard InChI is InChI=1S/C37H44N3OS/c1-6-39-31-21-19-28(38)26-30(31)37(4,5)34(39)16-10-9-11-17-35-36(2,3)29-25-27(33-15-14-24-42-33)18-20-32(29)40(35)22-12-7-8-13-23-41/h9-11,14-21,23-26H,6-8,12-13,22,38H2,1-5H3/q+1. The second kappa shape index (κ2) is 12.3. The van der Waals surface area contributed by atoms with Crippen molar-refractivity contribution in [1.29, 1.82) is 0 Å². The monoisotopic (exact) mass is 578 g/mol. The molecule has 0 unspecified atom stereocenters. The molecule has 5 rings (SSSR count). The van der Waals surface area contributed by atoms with Crippen LogP contribution in [0.3, 0.4) is 0 Å². The maximum Gasteiger partial charge on any atom is 0.209 e. The van der Waals surface area contributed by atoms with E-state index in [0.29, 0.717) is 6.42 Å². The van der Waals surface area contributed by atoms with Gasteiger partial charge < -0.3 is 15.4 Å². The lowest BCUT2D eigenvalue weighted by atomic mass is 9.80. The molecule has 0 bridgehead atoms. The second-order valence-electron chi connectivity index (χ2n) is 12.3. The predicted octanol–water partition coefficient (Wildman–Crippen LogP) is 8.95. The fraction of sp³-hybridized carbons (Fsp3) is 0.351. The van der Waals surface area contributed by atoms with Crippen LogP contribution in [0.15, 0.2) is 90.0 Å². The maximum absolute atomic E-state index is 10.8. The molecule has 5 heteroatoms. The Hall–Kier alpha value is -3.70. The molecule has 0 spiro atoms. The number of aldehydes is 1. The van der Waals surface area contributed by atoms with Crippen molar-refractivity contribution in [3.8, 4) is 10.4 Å². The number of unbranched alkanes of at least 4 members (excludes halogenated alkanes) is 3. The lowest BCUT2D eigenvalue weighted by molar-refractivity contribution is -0.438. The van der Waals surface area contributed by atoms with Gasteiger partial charge >= 0.3 is 0 Å². The third kappa shape index (κ3) is 5.55. The van der Waals surface area contributed by atoms with Gasteiger partial charge in [-0.25, -0.2) is 0 Å². The third-order valence-electron chi connectivity index (χ3n) is 8.86. The Kier molecular flexibility index (Phi) is 8.70. The van der Waals surface area contributed by atoms with Crippen LogP contribution >= 0.6 is 11.3 Å². The first-order valence-electron chi connectivity index (χ1n) is 15.2. The molecule has 42 heavy (non-hydrogen) atoms. The Labute approximate surface area is 255 Å². The number of hydrogen-bond acceptors (Lipinski definition) is 4. The molecule has 0 fully saturated rings. The average molecular weight is 579 g/mol. The molecule has 2 aromatic carbocycles. The number of nitrogens with zero attached hydrogens (tertiary/aromatic N) is 2. The van der Waals surface area contributed by atoms with Gasteiger partial charge in [0, 0.05) is 64.5 Å². The number of nitrogen functional groups attached to an aromatic ring is 1. The number of fused-ring (bicyclic) bond motifs is 2. The SMILES string of the molecule is CCN1/C(=C/C=C/C=C/C2=[N+](CCCCCC=O)c3ccc(-c4cccs4)cc3C2(C)C)C(C)(C)c2cc(N)ccc21. The number of nitrogens with two attached hydrogens (primary N) is 1. The Morgan fingerprint density at radius 3 is 2.50 bits per heavy atom. The molecular formula is C37H44N3OS+. The lowest BCUT2D eigenvalue weighted by Crippen LogP contribution is -2.28. The van der Waals surface area contributed by atoms with Crippen molar-refractivity contribution in [2.75, 3.05) is 23.7 Å². The van der Waals surface area contributed by atoms with E-state index in [0.717, 1.165) is 44.3 Å². The van der Waals surface area contributed by atoms with Crippen molar-refractivity contribution in [3.63, 3.8) is 0 Å². The summed E-state index contributed by atoms with van der Waals surface area (Å²) < 4.78 is 2.50. The number of carbonyl (C=O) groups is 1. The molecule has 0 aliphatic carbocycles. The van der Waals surface area contributed by atoms with E-state index in [2.05, 4.69) is 122 Å². The molecule has 0 radical (unpaired) electrons. The van der Waals surface area contributed by atoms with E-state index in [9.17, 15) is 4.79 Å². The third-order valence-corrected chi connectivity index (χ3v) is 9.78. The lowest BCUT2D eigenvalue weighted by Gasteiger charge is -2.25. The highest BCUT2D eigenvalue weighted by Gasteiger charge is 2.44. The Morgan fingerprint density at radius 2 is 1.76 bits per heavy atom. The highest BCUT2D eigenvalue weighted by atomic mass is 32.1. The number of likely N-dealkylation sites (N-methyl/N-ethyl adjacent to an activating group) is 1. The van der Waals surface area contributed by atoms with Crippen LogP contribution in [0.4, 0.5) is 17.1 Å². The minimum atomic E-state index is -0.123. The maximum atomic E-state index is 10.8. The summed E-state index contributed by atoms with van der Waals surface area (Å²) >= 11 is 1.79. The van der Waals surface area contributed by atoms with Crippen molar-refractivity contribution >= 4 is 40.4 Å². The molecule has 2 N–H and O–H groups in total. The van der Waals surface area contributed by atoms with Crippen LogP contribution in [0.5, 0.6) is 0 Å². The van der Waals surface area contributed by atoms with Crippen LogP contribution in [0.25, 0.3) is 10.4 Å². The van der Waals surface area contributed by atoms with E-state index in [4.69, 9.17) is 5.73 Å².